The highest BCUT2D eigenvalue weighted by atomic mass is 35.5. The summed E-state index contributed by atoms with van der Waals surface area (Å²) in [7, 11) is 0. The van der Waals surface area contributed by atoms with Crippen LogP contribution >= 0.6 is 11.6 Å². The number of pyridine rings is 1. The van der Waals surface area contributed by atoms with E-state index in [0.29, 0.717) is 17.5 Å². The topological polar surface area (TPSA) is 16.1 Å². The van der Waals surface area contributed by atoms with Crippen molar-refractivity contribution in [1.82, 2.24) is 4.98 Å². The lowest BCUT2D eigenvalue weighted by Gasteiger charge is -2.27. The molecule has 2 heterocycles. The molecule has 82 valence electrons. The van der Waals surface area contributed by atoms with Gasteiger partial charge in [0.25, 0.3) is 0 Å². The van der Waals surface area contributed by atoms with E-state index < -0.39 is 0 Å². The first kappa shape index (κ1) is 10.7. The molecule has 2 nitrogen and oxygen atoms in total. The molecule has 2 atom stereocenters. The summed E-state index contributed by atoms with van der Waals surface area (Å²) in [4.78, 5) is 5.80. The van der Waals surface area contributed by atoms with E-state index >= 15 is 0 Å². The van der Waals surface area contributed by atoms with Crippen LogP contribution in [0.1, 0.15) is 13.3 Å². The largest absolute Gasteiger partial charge is 0.365 e. The van der Waals surface area contributed by atoms with Crippen LogP contribution in [0.25, 0.3) is 0 Å². The van der Waals surface area contributed by atoms with E-state index in [1.165, 1.54) is 6.20 Å². The van der Waals surface area contributed by atoms with Crippen molar-refractivity contribution in [2.24, 2.45) is 5.92 Å². The standard InChI is InChI=1S/C11H14ClFN2/c1-8-3-5-15(11(8)6-12)10-2-4-14-7-9(10)13/h2,4,7-8,11H,3,5-6H2,1H3. The lowest BCUT2D eigenvalue weighted by Crippen LogP contribution is -2.34. The minimum atomic E-state index is -0.262. The fraction of sp³-hybridized carbons (Fsp3) is 0.545. The van der Waals surface area contributed by atoms with Crippen LogP contribution in [0.2, 0.25) is 0 Å². The molecule has 0 aliphatic carbocycles. The van der Waals surface area contributed by atoms with Gasteiger partial charge in [0.05, 0.1) is 11.9 Å². The van der Waals surface area contributed by atoms with E-state index in [4.69, 9.17) is 11.6 Å². The van der Waals surface area contributed by atoms with Crippen molar-refractivity contribution in [3.8, 4) is 0 Å². The Balaban J connectivity index is 2.28. The van der Waals surface area contributed by atoms with Crippen molar-refractivity contribution in [2.75, 3.05) is 17.3 Å². The average molecular weight is 229 g/mol. The molecular formula is C11H14ClFN2. The van der Waals surface area contributed by atoms with E-state index in [0.717, 1.165) is 13.0 Å². The monoisotopic (exact) mass is 228 g/mol. The summed E-state index contributed by atoms with van der Waals surface area (Å²) in [6, 6.07) is 1.95. The highest BCUT2D eigenvalue weighted by Gasteiger charge is 2.31. The van der Waals surface area contributed by atoms with Crippen molar-refractivity contribution in [1.29, 1.82) is 0 Å². The second kappa shape index (κ2) is 4.35. The molecule has 1 aromatic rings. The lowest BCUT2D eigenvalue weighted by molar-refractivity contribution is 0.542. The first-order valence-corrected chi connectivity index (χ1v) is 5.69. The molecule has 0 saturated carbocycles. The maximum atomic E-state index is 13.5. The van der Waals surface area contributed by atoms with Crippen molar-refractivity contribution < 1.29 is 4.39 Å². The zero-order valence-electron chi connectivity index (χ0n) is 8.66. The van der Waals surface area contributed by atoms with E-state index in [2.05, 4.69) is 16.8 Å². The molecular weight excluding hydrogens is 215 g/mol. The Morgan fingerprint density at radius 3 is 3.13 bits per heavy atom. The van der Waals surface area contributed by atoms with Gasteiger partial charge in [-0.3, -0.25) is 4.98 Å². The summed E-state index contributed by atoms with van der Waals surface area (Å²) in [6.45, 7) is 3.03. The predicted octanol–water partition coefficient (Wildman–Crippen LogP) is 2.67. The Labute approximate surface area is 94.1 Å². The molecule has 1 aliphatic rings. The first-order valence-electron chi connectivity index (χ1n) is 5.16. The summed E-state index contributed by atoms with van der Waals surface area (Å²) in [5.74, 6) is 0.805. The SMILES string of the molecule is CC1CCN(c2ccncc2F)C1CCl. The van der Waals surface area contributed by atoms with Gasteiger partial charge >= 0.3 is 0 Å². The van der Waals surface area contributed by atoms with Gasteiger partial charge in [-0.2, -0.15) is 0 Å². The van der Waals surface area contributed by atoms with E-state index in [1.54, 1.807) is 12.3 Å². The van der Waals surface area contributed by atoms with Crippen LogP contribution in [0.3, 0.4) is 0 Å². The summed E-state index contributed by atoms with van der Waals surface area (Å²) in [6.07, 6.45) is 3.94. The molecule has 0 spiro atoms. The van der Waals surface area contributed by atoms with Crippen molar-refractivity contribution in [2.45, 2.75) is 19.4 Å². The third-order valence-electron chi connectivity index (χ3n) is 3.10. The fourth-order valence-electron chi connectivity index (χ4n) is 2.14. The van der Waals surface area contributed by atoms with Gasteiger partial charge in [0.2, 0.25) is 0 Å². The Hall–Kier alpha value is -0.830. The van der Waals surface area contributed by atoms with Crippen LogP contribution in [0, 0.1) is 11.7 Å². The molecule has 1 aliphatic heterocycles. The summed E-state index contributed by atoms with van der Waals surface area (Å²) in [5, 5.41) is 0. The Morgan fingerprint density at radius 2 is 2.47 bits per heavy atom. The molecule has 15 heavy (non-hydrogen) atoms. The van der Waals surface area contributed by atoms with Crippen molar-refractivity contribution >= 4 is 17.3 Å². The van der Waals surface area contributed by atoms with E-state index in [9.17, 15) is 4.39 Å². The summed E-state index contributed by atoms with van der Waals surface area (Å²) in [5.41, 5.74) is 0.625. The van der Waals surface area contributed by atoms with Crippen LogP contribution in [-0.4, -0.2) is 23.5 Å². The number of rotatable bonds is 2. The molecule has 1 aromatic heterocycles. The zero-order chi connectivity index (χ0) is 10.8. The highest BCUT2D eigenvalue weighted by molar-refractivity contribution is 6.18. The van der Waals surface area contributed by atoms with Crippen molar-refractivity contribution in [3.05, 3.63) is 24.3 Å². The number of hydrogen-bond donors (Lipinski definition) is 0. The summed E-state index contributed by atoms with van der Waals surface area (Å²) >= 11 is 5.92. The normalized spacial score (nSPS) is 25.9. The van der Waals surface area contributed by atoms with Gasteiger partial charge in [0.1, 0.15) is 0 Å². The predicted molar refractivity (Wildman–Crippen MR) is 59.8 cm³/mol. The molecule has 1 saturated heterocycles. The van der Waals surface area contributed by atoms with Gasteiger partial charge in [0.15, 0.2) is 5.82 Å². The number of halogens is 2. The van der Waals surface area contributed by atoms with Crippen LogP contribution in [0.15, 0.2) is 18.5 Å². The van der Waals surface area contributed by atoms with Gasteiger partial charge in [-0.15, -0.1) is 11.6 Å². The van der Waals surface area contributed by atoms with E-state index in [1.807, 2.05) is 0 Å². The van der Waals surface area contributed by atoms with Crippen LogP contribution in [0.5, 0.6) is 0 Å². The quantitative estimate of drug-likeness (QED) is 0.724. The molecule has 4 heteroatoms. The molecule has 0 N–H and O–H groups in total. The van der Waals surface area contributed by atoms with Gasteiger partial charge in [-0.05, 0) is 18.4 Å². The third kappa shape index (κ3) is 1.93. The Morgan fingerprint density at radius 1 is 1.67 bits per heavy atom. The van der Waals surface area contributed by atoms with Gasteiger partial charge in [0, 0.05) is 24.7 Å². The number of hydrogen-bond acceptors (Lipinski definition) is 2. The molecule has 1 fully saturated rings. The minimum absolute atomic E-state index is 0.239. The van der Waals surface area contributed by atoms with Crippen LogP contribution in [-0.2, 0) is 0 Å². The van der Waals surface area contributed by atoms with Gasteiger partial charge in [-0.25, -0.2) is 4.39 Å². The second-order valence-electron chi connectivity index (χ2n) is 4.01. The number of alkyl halides is 1. The summed E-state index contributed by atoms with van der Waals surface area (Å²) < 4.78 is 13.5. The average Bonchev–Trinajstić information content (AvgIpc) is 2.60. The second-order valence-corrected chi connectivity index (χ2v) is 4.32. The number of nitrogens with zero attached hydrogens (tertiary/aromatic N) is 2. The molecule has 0 radical (unpaired) electrons. The molecule has 0 amide bonds. The smallest absolute Gasteiger partial charge is 0.164 e. The Kier molecular flexibility index (Phi) is 3.10. The van der Waals surface area contributed by atoms with Gasteiger partial charge < -0.3 is 4.90 Å². The Bertz CT molecular complexity index is 345. The molecule has 2 unspecified atom stereocenters. The number of anilines is 1. The zero-order valence-corrected chi connectivity index (χ0v) is 9.41. The number of aromatic nitrogens is 1. The van der Waals surface area contributed by atoms with Crippen LogP contribution < -0.4 is 4.90 Å². The maximum Gasteiger partial charge on any atom is 0.164 e. The van der Waals surface area contributed by atoms with E-state index in [-0.39, 0.29) is 11.9 Å². The van der Waals surface area contributed by atoms with Crippen molar-refractivity contribution in [3.63, 3.8) is 0 Å². The molecule has 2 rings (SSSR count). The maximum absolute atomic E-state index is 13.5. The van der Waals surface area contributed by atoms with Gasteiger partial charge in [-0.1, -0.05) is 6.92 Å². The molecule has 0 bridgehead atoms. The third-order valence-corrected chi connectivity index (χ3v) is 3.42. The first-order chi connectivity index (χ1) is 7.24. The lowest BCUT2D eigenvalue weighted by atomic mass is 10.0. The minimum Gasteiger partial charge on any atom is -0.365 e. The highest BCUT2D eigenvalue weighted by Crippen LogP contribution is 2.31. The fourth-order valence-corrected chi connectivity index (χ4v) is 2.61. The van der Waals surface area contributed by atoms with Crippen LogP contribution in [0.4, 0.5) is 10.1 Å². The molecule has 0 aromatic carbocycles.